The molecule has 1 saturated heterocycles. The van der Waals surface area contributed by atoms with Crippen LogP contribution < -0.4 is 5.32 Å². The van der Waals surface area contributed by atoms with Gasteiger partial charge in [0, 0.05) is 19.1 Å². The molecular weight excluding hydrogens is 208 g/mol. The lowest BCUT2D eigenvalue weighted by Crippen LogP contribution is -2.53. The van der Waals surface area contributed by atoms with Gasteiger partial charge in [0.15, 0.2) is 0 Å². The molecule has 0 spiro atoms. The average molecular weight is 228 g/mol. The SMILES string of the molecule is CC(C)N1CC(C(=O)O)CNC(C)(C)C1=O. The first-order valence-corrected chi connectivity index (χ1v) is 5.54. The van der Waals surface area contributed by atoms with Gasteiger partial charge >= 0.3 is 5.97 Å². The molecule has 1 atom stereocenters. The number of rotatable bonds is 2. The number of amides is 1. The first-order chi connectivity index (χ1) is 7.25. The molecular formula is C11H20N2O3. The van der Waals surface area contributed by atoms with Crippen molar-refractivity contribution < 1.29 is 14.7 Å². The molecule has 2 N–H and O–H groups in total. The van der Waals surface area contributed by atoms with Gasteiger partial charge < -0.3 is 15.3 Å². The standard InChI is InChI=1S/C11H20N2O3/c1-7(2)13-6-8(9(14)15)5-12-11(3,4)10(13)16/h7-8,12H,5-6H2,1-4H3,(H,14,15). The molecule has 5 heteroatoms. The Balaban J connectivity index is 2.96. The Bertz CT molecular complexity index is 300. The third-order valence-corrected chi connectivity index (χ3v) is 2.98. The summed E-state index contributed by atoms with van der Waals surface area (Å²) in [5.41, 5.74) is -0.686. The fourth-order valence-corrected chi connectivity index (χ4v) is 1.81. The van der Waals surface area contributed by atoms with Crippen LogP contribution in [0, 0.1) is 5.92 Å². The summed E-state index contributed by atoms with van der Waals surface area (Å²) in [7, 11) is 0. The lowest BCUT2D eigenvalue weighted by molar-refractivity contribution is -0.143. The summed E-state index contributed by atoms with van der Waals surface area (Å²) in [4.78, 5) is 24.8. The van der Waals surface area contributed by atoms with E-state index in [4.69, 9.17) is 5.11 Å². The Morgan fingerprint density at radius 1 is 1.56 bits per heavy atom. The molecule has 0 bridgehead atoms. The molecule has 92 valence electrons. The molecule has 16 heavy (non-hydrogen) atoms. The topological polar surface area (TPSA) is 69.6 Å². The van der Waals surface area contributed by atoms with Crippen molar-refractivity contribution in [3.8, 4) is 0 Å². The molecule has 0 aliphatic carbocycles. The quantitative estimate of drug-likeness (QED) is 0.713. The molecule has 0 aromatic rings. The number of carbonyl (C=O) groups excluding carboxylic acids is 1. The zero-order valence-corrected chi connectivity index (χ0v) is 10.3. The molecule has 0 saturated carbocycles. The van der Waals surface area contributed by atoms with Crippen LogP contribution in [0.4, 0.5) is 0 Å². The summed E-state index contributed by atoms with van der Waals surface area (Å²) in [5.74, 6) is -1.43. The van der Waals surface area contributed by atoms with Gasteiger partial charge in [0.2, 0.25) is 5.91 Å². The minimum Gasteiger partial charge on any atom is -0.481 e. The van der Waals surface area contributed by atoms with Gasteiger partial charge in [-0.3, -0.25) is 9.59 Å². The van der Waals surface area contributed by atoms with E-state index in [1.807, 2.05) is 13.8 Å². The Labute approximate surface area is 95.8 Å². The third-order valence-electron chi connectivity index (χ3n) is 2.98. The largest absolute Gasteiger partial charge is 0.481 e. The Hall–Kier alpha value is -1.10. The van der Waals surface area contributed by atoms with Gasteiger partial charge in [-0.25, -0.2) is 0 Å². The number of nitrogens with one attached hydrogen (secondary N) is 1. The fraction of sp³-hybridized carbons (Fsp3) is 0.818. The zero-order valence-electron chi connectivity index (χ0n) is 10.3. The number of hydrogen-bond donors (Lipinski definition) is 2. The van der Waals surface area contributed by atoms with Crippen LogP contribution in [-0.2, 0) is 9.59 Å². The maximum atomic E-state index is 12.1. The van der Waals surface area contributed by atoms with Gasteiger partial charge in [0.05, 0.1) is 11.5 Å². The number of nitrogens with zero attached hydrogens (tertiary/aromatic N) is 1. The predicted octanol–water partition coefficient (Wildman–Crippen LogP) is 0.306. The maximum absolute atomic E-state index is 12.1. The van der Waals surface area contributed by atoms with Crippen molar-refractivity contribution in [1.29, 1.82) is 0 Å². The second-order valence-electron chi connectivity index (χ2n) is 5.09. The van der Waals surface area contributed by atoms with E-state index in [0.29, 0.717) is 6.54 Å². The van der Waals surface area contributed by atoms with E-state index >= 15 is 0 Å². The lowest BCUT2D eigenvalue weighted by Gasteiger charge is -2.32. The third kappa shape index (κ3) is 2.52. The van der Waals surface area contributed by atoms with Crippen molar-refractivity contribution in [3.63, 3.8) is 0 Å². The highest BCUT2D eigenvalue weighted by Crippen LogP contribution is 2.18. The van der Waals surface area contributed by atoms with E-state index in [2.05, 4.69) is 5.32 Å². The van der Waals surface area contributed by atoms with E-state index in [1.165, 1.54) is 0 Å². The highest BCUT2D eigenvalue weighted by molar-refractivity contribution is 5.87. The van der Waals surface area contributed by atoms with Gasteiger partial charge in [0.25, 0.3) is 0 Å². The summed E-state index contributed by atoms with van der Waals surface area (Å²) >= 11 is 0. The molecule has 1 rings (SSSR count). The van der Waals surface area contributed by atoms with Gasteiger partial charge in [-0.2, -0.15) is 0 Å². The van der Waals surface area contributed by atoms with E-state index in [1.54, 1.807) is 18.7 Å². The fourth-order valence-electron chi connectivity index (χ4n) is 1.81. The highest BCUT2D eigenvalue weighted by Gasteiger charge is 2.39. The van der Waals surface area contributed by atoms with E-state index in [0.717, 1.165) is 0 Å². The summed E-state index contributed by atoms with van der Waals surface area (Å²) in [5, 5.41) is 12.1. The van der Waals surface area contributed by atoms with Crippen LogP contribution in [-0.4, -0.2) is 46.6 Å². The van der Waals surface area contributed by atoms with Gasteiger partial charge in [0.1, 0.15) is 0 Å². The van der Waals surface area contributed by atoms with Crippen molar-refractivity contribution in [3.05, 3.63) is 0 Å². The van der Waals surface area contributed by atoms with Crippen LogP contribution >= 0.6 is 0 Å². The Morgan fingerprint density at radius 3 is 2.56 bits per heavy atom. The van der Waals surface area contributed by atoms with Crippen molar-refractivity contribution in [2.24, 2.45) is 5.92 Å². The molecule has 5 nitrogen and oxygen atoms in total. The van der Waals surface area contributed by atoms with Crippen LogP contribution in [0.5, 0.6) is 0 Å². The van der Waals surface area contributed by atoms with Gasteiger partial charge in [-0.1, -0.05) is 0 Å². The second kappa shape index (κ2) is 4.41. The maximum Gasteiger partial charge on any atom is 0.309 e. The number of aliphatic carboxylic acids is 1. The number of carbonyl (C=O) groups is 2. The second-order valence-corrected chi connectivity index (χ2v) is 5.09. The summed E-state index contributed by atoms with van der Waals surface area (Å²) in [6.45, 7) is 7.99. The predicted molar refractivity (Wildman–Crippen MR) is 60.1 cm³/mol. The molecule has 1 fully saturated rings. The monoisotopic (exact) mass is 228 g/mol. The number of carboxylic acids is 1. The van der Waals surface area contributed by atoms with Crippen LogP contribution in [0.1, 0.15) is 27.7 Å². The molecule has 1 amide bonds. The molecule has 0 aromatic carbocycles. The van der Waals surface area contributed by atoms with Gasteiger partial charge in [-0.05, 0) is 27.7 Å². The average Bonchev–Trinajstić information content (AvgIpc) is 2.26. The van der Waals surface area contributed by atoms with E-state index in [9.17, 15) is 9.59 Å². The smallest absolute Gasteiger partial charge is 0.309 e. The summed E-state index contributed by atoms with van der Waals surface area (Å²) in [6.07, 6.45) is 0. The van der Waals surface area contributed by atoms with E-state index in [-0.39, 0.29) is 18.5 Å². The highest BCUT2D eigenvalue weighted by atomic mass is 16.4. The minimum atomic E-state index is -0.858. The summed E-state index contributed by atoms with van der Waals surface area (Å²) in [6, 6.07) is 0.0218. The van der Waals surface area contributed by atoms with Crippen LogP contribution in [0.3, 0.4) is 0 Å². The molecule has 1 aliphatic rings. The van der Waals surface area contributed by atoms with Crippen LogP contribution in [0.25, 0.3) is 0 Å². The first kappa shape index (κ1) is 13.0. The number of hydrogen-bond acceptors (Lipinski definition) is 3. The normalized spacial score (nSPS) is 25.7. The molecule has 0 radical (unpaired) electrons. The summed E-state index contributed by atoms with van der Waals surface area (Å²) < 4.78 is 0. The zero-order chi connectivity index (χ0) is 12.5. The molecule has 1 heterocycles. The van der Waals surface area contributed by atoms with Crippen LogP contribution in [0.2, 0.25) is 0 Å². The first-order valence-electron chi connectivity index (χ1n) is 5.54. The minimum absolute atomic E-state index is 0.0218. The van der Waals surface area contributed by atoms with E-state index < -0.39 is 17.4 Å². The van der Waals surface area contributed by atoms with Crippen molar-refractivity contribution in [1.82, 2.24) is 10.2 Å². The Morgan fingerprint density at radius 2 is 2.12 bits per heavy atom. The van der Waals surface area contributed by atoms with Crippen molar-refractivity contribution in [2.75, 3.05) is 13.1 Å². The van der Waals surface area contributed by atoms with Crippen molar-refractivity contribution in [2.45, 2.75) is 39.3 Å². The molecule has 0 aromatic heterocycles. The molecule has 1 aliphatic heterocycles. The van der Waals surface area contributed by atoms with Crippen LogP contribution in [0.15, 0.2) is 0 Å². The number of carboxylic acid groups (broad SMARTS) is 1. The Kier molecular flexibility index (Phi) is 3.57. The van der Waals surface area contributed by atoms with Gasteiger partial charge in [-0.15, -0.1) is 0 Å². The van der Waals surface area contributed by atoms with Crippen molar-refractivity contribution >= 4 is 11.9 Å². The lowest BCUT2D eigenvalue weighted by atomic mass is 10.0. The molecule has 1 unspecified atom stereocenters.